The summed E-state index contributed by atoms with van der Waals surface area (Å²) < 4.78 is 2.12. The Labute approximate surface area is 173 Å². The van der Waals surface area contributed by atoms with Gasteiger partial charge in [0.2, 0.25) is 5.95 Å². The topological polar surface area (TPSA) is 62.1 Å². The van der Waals surface area contributed by atoms with Crippen LogP contribution in [-0.4, -0.2) is 76.4 Å². The van der Waals surface area contributed by atoms with Crippen LogP contribution < -0.4 is 5.32 Å². The van der Waals surface area contributed by atoms with E-state index in [9.17, 15) is 0 Å². The number of anilines is 1. The monoisotopic (exact) mass is 395 g/mol. The summed E-state index contributed by atoms with van der Waals surface area (Å²) in [5.41, 5.74) is 1.72. The van der Waals surface area contributed by atoms with E-state index in [1.54, 1.807) is 0 Å². The smallest absolute Gasteiger partial charge is 0.224 e. The molecule has 7 nitrogen and oxygen atoms in total. The molecule has 0 bridgehead atoms. The Hall–Kier alpha value is -2.17. The summed E-state index contributed by atoms with van der Waals surface area (Å²) in [6.07, 6.45) is 10.6. The van der Waals surface area contributed by atoms with Crippen LogP contribution in [0.3, 0.4) is 0 Å². The number of fused-ring (bicyclic) bond motifs is 1. The molecule has 3 heterocycles. The molecule has 1 atom stereocenters. The number of hydrogen-bond acceptors (Lipinski definition) is 6. The second kappa shape index (κ2) is 9.10. The van der Waals surface area contributed by atoms with Crippen LogP contribution >= 0.6 is 0 Å². The summed E-state index contributed by atoms with van der Waals surface area (Å²) in [4.78, 5) is 13.9. The second-order valence-electron chi connectivity index (χ2n) is 8.56. The van der Waals surface area contributed by atoms with Gasteiger partial charge in [0.25, 0.3) is 0 Å². The maximum absolute atomic E-state index is 4.90. The fourth-order valence-corrected chi connectivity index (χ4v) is 4.55. The molecule has 2 fully saturated rings. The maximum Gasteiger partial charge on any atom is 0.224 e. The van der Waals surface area contributed by atoms with Crippen molar-refractivity contribution < 1.29 is 0 Å². The molecule has 0 aromatic carbocycles. The highest BCUT2D eigenvalue weighted by Gasteiger charge is 2.22. The Bertz CT molecular complexity index is 886. The summed E-state index contributed by atoms with van der Waals surface area (Å²) in [6, 6.07) is 1.05. The van der Waals surface area contributed by atoms with E-state index in [0.29, 0.717) is 18.0 Å². The van der Waals surface area contributed by atoms with Crippen LogP contribution in [0.15, 0.2) is 6.20 Å². The Morgan fingerprint density at radius 2 is 2.00 bits per heavy atom. The van der Waals surface area contributed by atoms with Crippen molar-refractivity contribution >= 4 is 17.0 Å². The summed E-state index contributed by atoms with van der Waals surface area (Å²) in [6.45, 7) is 3.01. The lowest BCUT2D eigenvalue weighted by Crippen LogP contribution is -2.45. The van der Waals surface area contributed by atoms with E-state index in [1.807, 2.05) is 13.2 Å². The van der Waals surface area contributed by atoms with Crippen LogP contribution in [0.2, 0.25) is 0 Å². The van der Waals surface area contributed by atoms with Gasteiger partial charge < -0.3 is 10.2 Å². The van der Waals surface area contributed by atoms with Crippen molar-refractivity contribution in [1.29, 1.82) is 0 Å². The van der Waals surface area contributed by atoms with E-state index in [4.69, 9.17) is 10.1 Å². The van der Waals surface area contributed by atoms with Crippen molar-refractivity contribution in [2.75, 3.05) is 46.1 Å². The van der Waals surface area contributed by atoms with E-state index in [0.717, 1.165) is 36.4 Å². The predicted molar refractivity (Wildman–Crippen MR) is 117 cm³/mol. The molecule has 2 aromatic rings. The zero-order valence-corrected chi connectivity index (χ0v) is 18.0. The molecule has 1 unspecified atom stereocenters. The van der Waals surface area contributed by atoms with Crippen molar-refractivity contribution in [1.82, 2.24) is 29.5 Å². The van der Waals surface area contributed by atoms with Gasteiger partial charge in [0.05, 0.1) is 18.0 Å². The van der Waals surface area contributed by atoms with Gasteiger partial charge >= 0.3 is 0 Å². The summed E-state index contributed by atoms with van der Waals surface area (Å²) in [5.74, 6) is 7.35. The minimum absolute atomic E-state index is 0.421. The lowest BCUT2D eigenvalue weighted by molar-refractivity contribution is 0.145. The fourth-order valence-electron chi connectivity index (χ4n) is 4.55. The van der Waals surface area contributed by atoms with Crippen LogP contribution in [0.25, 0.3) is 11.0 Å². The zero-order valence-electron chi connectivity index (χ0n) is 18.0. The molecule has 29 heavy (non-hydrogen) atoms. The molecule has 1 aliphatic carbocycles. The molecule has 2 aromatic heterocycles. The first-order chi connectivity index (χ1) is 14.2. The van der Waals surface area contributed by atoms with E-state index in [-0.39, 0.29) is 0 Å². The van der Waals surface area contributed by atoms with Gasteiger partial charge in [-0.05, 0) is 52.2 Å². The van der Waals surface area contributed by atoms with Gasteiger partial charge in [0.1, 0.15) is 5.69 Å². The Balaban J connectivity index is 1.57. The molecular weight excluding hydrogens is 362 g/mol. The second-order valence-corrected chi connectivity index (χ2v) is 8.56. The minimum Gasteiger partial charge on any atom is -0.357 e. The molecular formula is C22H33N7. The normalized spacial score (nSPS) is 21.3. The zero-order chi connectivity index (χ0) is 20.2. The molecule has 7 heteroatoms. The molecule has 0 radical (unpaired) electrons. The first-order valence-corrected chi connectivity index (χ1v) is 11.0. The van der Waals surface area contributed by atoms with Gasteiger partial charge in [0.15, 0.2) is 5.65 Å². The van der Waals surface area contributed by atoms with Crippen LogP contribution in [0.5, 0.6) is 0 Å². The lowest BCUT2D eigenvalue weighted by Gasteiger charge is -2.35. The third-order valence-corrected chi connectivity index (χ3v) is 6.31. The maximum atomic E-state index is 4.90. The SMILES string of the molecule is CNc1ncc2c(C#CCN3CCCC(N(C)C)C3)nn(C3CCCCC3)c2n1. The molecule has 4 rings (SSSR count). The number of piperidine rings is 1. The van der Waals surface area contributed by atoms with Gasteiger partial charge in [-0.15, -0.1) is 0 Å². The predicted octanol–water partition coefficient (Wildman–Crippen LogP) is 2.75. The van der Waals surface area contributed by atoms with Crippen molar-refractivity contribution in [2.45, 2.75) is 57.0 Å². The Morgan fingerprint density at radius 1 is 1.17 bits per heavy atom. The van der Waals surface area contributed by atoms with Gasteiger partial charge in [-0.3, -0.25) is 4.90 Å². The quantitative estimate of drug-likeness (QED) is 0.804. The van der Waals surface area contributed by atoms with E-state index < -0.39 is 0 Å². The van der Waals surface area contributed by atoms with Gasteiger partial charge in [-0.2, -0.15) is 10.1 Å². The number of nitrogens with zero attached hydrogens (tertiary/aromatic N) is 6. The first-order valence-electron chi connectivity index (χ1n) is 11.0. The summed E-state index contributed by atoms with van der Waals surface area (Å²) in [7, 11) is 6.19. The van der Waals surface area contributed by atoms with Crippen LogP contribution in [-0.2, 0) is 0 Å². The van der Waals surface area contributed by atoms with Crippen molar-refractivity contribution in [3.05, 3.63) is 11.9 Å². The van der Waals surface area contributed by atoms with Crippen LogP contribution in [0.4, 0.5) is 5.95 Å². The highest BCUT2D eigenvalue weighted by molar-refractivity contribution is 5.81. The van der Waals surface area contributed by atoms with Gasteiger partial charge in [-0.25, -0.2) is 9.67 Å². The van der Waals surface area contributed by atoms with E-state index >= 15 is 0 Å². The molecule has 1 N–H and O–H groups in total. The molecule has 0 spiro atoms. The molecule has 1 saturated carbocycles. The summed E-state index contributed by atoms with van der Waals surface area (Å²) >= 11 is 0. The van der Waals surface area contributed by atoms with Crippen LogP contribution in [0, 0.1) is 11.8 Å². The van der Waals surface area contributed by atoms with E-state index in [1.165, 1.54) is 44.9 Å². The first kappa shape index (κ1) is 20.1. The van der Waals surface area contributed by atoms with Gasteiger partial charge in [-0.1, -0.05) is 25.2 Å². The molecule has 2 aliphatic rings. The van der Waals surface area contributed by atoms with Crippen molar-refractivity contribution in [3.63, 3.8) is 0 Å². The number of hydrogen-bond donors (Lipinski definition) is 1. The summed E-state index contributed by atoms with van der Waals surface area (Å²) in [5, 5.41) is 8.91. The average molecular weight is 396 g/mol. The number of aromatic nitrogens is 4. The molecule has 1 saturated heterocycles. The fraction of sp³-hybridized carbons (Fsp3) is 0.682. The number of likely N-dealkylation sites (N-methyl/N-ethyl adjacent to an activating group) is 1. The molecule has 0 amide bonds. The number of rotatable bonds is 4. The number of nitrogens with one attached hydrogen (secondary N) is 1. The third-order valence-electron chi connectivity index (χ3n) is 6.31. The Morgan fingerprint density at radius 3 is 2.76 bits per heavy atom. The lowest BCUT2D eigenvalue weighted by atomic mass is 9.96. The highest BCUT2D eigenvalue weighted by atomic mass is 15.3. The largest absolute Gasteiger partial charge is 0.357 e. The highest BCUT2D eigenvalue weighted by Crippen LogP contribution is 2.31. The molecule has 1 aliphatic heterocycles. The molecule has 156 valence electrons. The van der Waals surface area contributed by atoms with E-state index in [2.05, 4.69) is 50.7 Å². The minimum atomic E-state index is 0.421. The van der Waals surface area contributed by atoms with Crippen LogP contribution in [0.1, 0.15) is 56.7 Å². The van der Waals surface area contributed by atoms with Gasteiger partial charge in [0, 0.05) is 25.8 Å². The average Bonchev–Trinajstić information content (AvgIpc) is 3.12. The number of likely N-dealkylation sites (tertiary alicyclic amines) is 1. The Kier molecular flexibility index (Phi) is 6.31. The third kappa shape index (κ3) is 4.54. The van der Waals surface area contributed by atoms with Crippen molar-refractivity contribution in [3.8, 4) is 11.8 Å². The van der Waals surface area contributed by atoms with Crippen molar-refractivity contribution in [2.24, 2.45) is 0 Å². The standard InChI is InChI=1S/C22H33N7/c1-23-22-24-15-19-20(12-8-14-28-13-7-11-18(16-28)27(2)3)26-29(21(19)25-22)17-9-5-4-6-10-17/h15,17-18H,4-7,9-11,13-14,16H2,1-3H3,(H,23,24,25).